The van der Waals surface area contributed by atoms with E-state index in [0.717, 1.165) is 0 Å². The van der Waals surface area contributed by atoms with Crippen LogP contribution < -0.4 is 10.9 Å². The lowest BCUT2D eigenvalue weighted by Crippen LogP contribution is -2.24. The summed E-state index contributed by atoms with van der Waals surface area (Å²) < 4.78 is 1.41. The van der Waals surface area contributed by atoms with Gasteiger partial charge in [-0.05, 0) is 6.92 Å². The van der Waals surface area contributed by atoms with E-state index in [1.807, 2.05) is 0 Å². The first-order chi connectivity index (χ1) is 9.88. The third-order valence-electron chi connectivity index (χ3n) is 2.77. The average Bonchev–Trinajstić information content (AvgIpc) is 2.79. The van der Waals surface area contributed by atoms with Crippen molar-refractivity contribution in [1.29, 1.82) is 0 Å². The van der Waals surface area contributed by atoms with Crippen LogP contribution >= 0.6 is 11.3 Å². The maximum Gasteiger partial charge on any atom is 0.295 e. The van der Waals surface area contributed by atoms with Gasteiger partial charge in [-0.2, -0.15) is 14.6 Å². The maximum atomic E-state index is 11.8. The number of hydrogen-bond acceptors (Lipinski definition) is 6. The van der Waals surface area contributed by atoms with Crippen LogP contribution in [0.3, 0.4) is 0 Å². The molecular formula is C12H15N5O3S. The summed E-state index contributed by atoms with van der Waals surface area (Å²) in [4.78, 5) is 40.4. The number of nitrogens with zero attached hydrogens (tertiary/aromatic N) is 4. The Morgan fingerprint density at radius 1 is 1.38 bits per heavy atom. The van der Waals surface area contributed by atoms with Gasteiger partial charge in [0.05, 0.1) is 0 Å². The van der Waals surface area contributed by atoms with Crippen LogP contribution in [0, 0.1) is 6.92 Å². The van der Waals surface area contributed by atoms with E-state index >= 15 is 0 Å². The number of thiazole rings is 1. The molecule has 0 atom stereocenters. The number of rotatable bonds is 4. The third kappa shape index (κ3) is 3.43. The summed E-state index contributed by atoms with van der Waals surface area (Å²) in [6.45, 7) is 1.56. The van der Waals surface area contributed by atoms with Gasteiger partial charge >= 0.3 is 0 Å². The van der Waals surface area contributed by atoms with E-state index in [2.05, 4.69) is 15.4 Å². The monoisotopic (exact) mass is 309 g/mol. The fraction of sp³-hybridized carbons (Fsp3) is 0.417. The molecule has 2 amide bonds. The van der Waals surface area contributed by atoms with E-state index in [0.29, 0.717) is 10.8 Å². The molecule has 1 N–H and O–H groups in total. The summed E-state index contributed by atoms with van der Waals surface area (Å²) in [7, 11) is 3.28. The van der Waals surface area contributed by atoms with Crippen molar-refractivity contribution in [2.24, 2.45) is 0 Å². The van der Waals surface area contributed by atoms with Crippen molar-refractivity contribution < 1.29 is 9.59 Å². The van der Waals surface area contributed by atoms with Gasteiger partial charge in [-0.15, -0.1) is 11.3 Å². The summed E-state index contributed by atoms with van der Waals surface area (Å²) in [5.74, 6) is 0.0376. The molecule has 0 aliphatic rings. The van der Waals surface area contributed by atoms with Crippen molar-refractivity contribution in [2.45, 2.75) is 19.8 Å². The topological polar surface area (TPSA) is 96.7 Å². The number of carbonyl (C=O) groups excluding carboxylic acids is 2. The molecule has 21 heavy (non-hydrogen) atoms. The highest BCUT2D eigenvalue weighted by Crippen LogP contribution is 2.16. The van der Waals surface area contributed by atoms with E-state index < -0.39 is 0 Å². The summed E-state index contributed by atoms with van der Waals surface area (Å²) in [6, 6.07) is 0. The smallest absolute Gasteiger partial charge is 0.295 e. The number of amides is 2. The first kappa shape index (κ1) is 15.1. The van der Waals surface area contributed by atoms with Gasteiger partial charge in [0.1, 0.15) is 11.5 Å². The Kier molecular flexibility index (Phi) is 4.32. The molecule has 0 saturated carbocycles. The van der Waals surface area contributed by atoms with Crippen LogP contribution in [0.2, 0.25) is 0 Å². The summed E-state index contributed by atoms with van der Waals surface area (Å²) in [6.07, 6.45) is 0.224. The van der Waals surface area contributed by atoms with E-state index in [1.165, 1.54) is 20.8 Å². The molecule has 0 aliphatic carbocycles. The van der Waals surface area contributed by atoms with Gasteiger partial charge in [-0.3, -0.25) is 14.4 Å². The molecule has 2 aromatic heterocycles. The molecule has 0 unspecified atom stereocenters. The fourth-order valence-electron chi connectivity index (χ4n) is 1.57. The second-order valence-electron chi connectivity index (χ2n) is 4.65. The van der Waals surface area contributed by atoms with E-state index in [4.69, 9.17) is 0 Å². The van der Waals surface area contributed by atoms with Crippen molar-refractivity contribution >= 4 is 33.9 Å². The Morgan fingerprint density at radius 2 is 2.10 bits per heavy atom. The van der Waals surface area contributed by atoms with Crippen LogP contribution in [0.1, 0.15) is 18.5 Å². The first-order valence-electron chi connectivity index (χ1n) is 6.23. The number of anilines is 1. The van der Waals surface area contributed by atoms with Crippen molar-refractivity contribution in [1.82, 2.24) is 19.5 Å². The molecule has 0 saturated heterocycles. The van der Waals surface area contributed by atoms with Gasteiger partial charge in [0, 0.05) is 32.3 Å². The van der Waals surface area contributed by atoms with Crippen LogP contribution in [0.4, 0.5) is 5.82 Å². The number of aromatic nitrogens is 3. The van der Waals surface area contributed by atoms with Crippen LogP contribution in [0.25, 0.3) is 4.96 Å². The molecule has 0 fully saturated rings. The molecule has 9 heteroatoms. The highest BCUT2D eigenvalue weighted by atomic mass is 32.1. The fourth-order valence-corrected chi connectivity index (χ4v) is 2.32. The number of carbonyl (C=O) groups is 2. The molecule has 0 radical (unpaired) electrons. The van der Waals surface area contributed by atoms with Gasteiger partial charge < -0.3 is 10.2 Å². The number of aryl methyl sites for hydroxylation is 1. The number of nitrogens with one attached hydrogen (secondary N) is 1. The summed E-state index contributed by atoms with van der Waals surface area (Å²) >= 11 is 1.21. The van der Waals surface area contributed by atoms with Gasteiger partial charge in [0.25, 0.3) is 5.56 Å². The highest BCUT2D eigenvalue weighted by molar-refractivity contribution is 7.15. The second-order valence-corrected chi connectivity index (χ2v) is 5.49. The van der Waals surface area contributed by atoms with Crippen LogP contribution in [0.15, 0.2) is 10.2 Å². The molecule has 8 nitrogen and oxygen atoms in total. The average molecular weight is 309 g/mol. The SMILES string of the molecule is Cc1nn2c(NC(=O)CCC(=O)N(C)C)csc2nc1=O. The van der Waals surface area contributed by atoms with E-state index in [1.54, 1.807) is 26.4 Å². The summed E-state index contributed by atoms with van der Waals surface area (Å²) in [5, 5.41) is 8.39. The lowest BCUT2D eigenvalue weighted by atomic mass is 10.2. The Morgan fingerprint density at radius 3 is 2.76 bits per heavy atom. The Bertz CT molecular complexity index is 749. The van der Waals surface area contributed by atoms with Crippen LogP contribution in [0.5, 0.6) is 0 Å². The van der Waals surface area contributed by atoms with Crippen LogP contribution in [-0.4, -0.2) is 45.4 Å². The Balaban J connectivity index is 2.10. The lowest BCUT2D eigenvalue weighted by Gasteiger charge is -2.09. The highest BCUT2D eigenvalue weighted by Gasteiger charge is 2.12. The zero-order valence-corrected chi connectivity index (χ0v) is 12.7. The number of hydrogen-bond donors (Lipinski definition) is 1. The molecular weight excluding hydrogens is 294 g/mol. The summed E-state index contributed by atoms with van der Waals surface area (Å²) in [5.41, 5.74) is -0.129. The van der Waals surface area contributed by atoms with E-state index in [9.17, 15) is 14.4 Å². The molecule has 0 spiro atoms. The van der Waals surface area contributed by atoms with E-state index in [-0.39, 0.29) is 35.9 Å². The molecule has 0 aliphatic heterocycles. The molecule has 2 aromatic rings. The van der Waals surface area contributed by atoms with Gasteiger partial charge in [0.2, 0.25) is 16.8 Å². The van der Waals surface area contributed by atoms with Gasteiger partial charge in [-0.25, -0.2) is 0 Å². The lowest BCUT2D eigenvalue weighted by molar-refractivity contribution is -0.130. The number of fused-ring (bicyclic) bond motifs is 1. The Hall–Kier alpha value is -2.29. The predicted molar refractivity (Wildman–Crippen MR) is 78.4 cm³/mol. The third-order valence-corrected chi connectivity index (χ3v) is 3.59. The van der Waals surface area contributed by atoms with Crippen molar-refractivity contribution in [3.8, 4) is 0 Å². The normalized spacial score (nSPS) is 10.6. The molecule has 112 valence electrons. The minimum absolute atomic E-state index is 0.0843. The predicted octanol–water partition coefficient (Wildman–Crippen LogP) is 0.266. The minimum Gasteiger partial charge on any atom is -0.349 e. The zero-order valence-electron chi connectivity index (χ0n) is 11.9. The maximum absolute atomic E-state index is 11.8. The second kappa shape index (κ2) is 6.00. The quantitative estimate of drug-likeness (QED) is 0.874. The van der Waals surface area contributed by atoms with Crippen molar-refractivity contribution in [2.75, 3.05) is 19.4 Å². The Labute approximate surface area is 124 Å². The minimum atomic E-state index is -0.383. The van der Waals surface area contributed by atoms with Gasteiger partial charge in [0.15, 0.2) is 0 Å². The molecule has 2 rings (SSSR count). The molecule has 0 bridgehead atoms. The van der Waals surface area contributed by atoms with Gasteiger partial charge in [-0.1, -0.05) is 0 Å². The largest absolute Gasteiger partial charge is 0.349 e. The zero-order chi connectivity index (χ0) is 15.6. The molecule has 0 aromatic carbocycles. The molecule has 2 heterocycles. The van der Waals surface area contributed by atoms with Crippen molar-refractivity contribution in [3.05, 3.63) is 21.4 Å². The standard InChI is InChI=1S/C12H15N5O3S/c1-7-11(20)14-12-17(15-7)8(6-21-12)13-9(18)4-5-10(19)16(2)3/h6H,4-5H2,1-3H3,(H,13,18). The van der Waals surface area contributed by atoms with Crippen LogP contribution in [-0.2, 0) is 9.59 Å². The first-order valence-corrected chi connectivity index (χ1v) is 7.11. The van der Waals surface area contributed by atoms with Crippen molar-refractivity contribution in [3.63, 3.8) is 0 Å².